The first-order chi connectivity index (χ1) is 11.5. The summed E-state index contributed by atoms with van der Waals surface area (Å²) in [6.45, 7) is 4.32. The van der Waals surface area contributed by atoms with Crippen molar-refractivity contribution in [2.45, 2.75) is 19.6 Å². The van der Waals surface area contributed by atoms with Gasteiger partial charge in [-0.2, -0.15) is 5.10 Å². The predicted molar refractivity (Wildman–Crippen MR) is 87.1 cm³/mol. The van der Waals surface area contributed by atoms with Crippen molar-refractivity contribution < 1.29 is 14.3 Å². The maximum atomic E-state index is 13.3. The molecule has 1 amide bonds. The van der Waals surface area contributed by atoms with Crippen molar-refractivity contribution in [3.05, 3.63) is 48.0 Å². The standard InChI is InChI=1S/C17H21FN4O2/c1-13(23)21-6-5-20(11-17(24)12-21)9-14-8-19-22(10-14)16-4-2-3-15(18)7-16/h2-4,7-8,10,17,24H,5-6,9,11-12H2,1H3. The molecule has 0 bridgehead atoms. The number of carbonyl (C=O) groups excluding carboxylic acids is 1. The zero-order chi connectivity index (χ0) is 17.1. The molecule has 1 unspecified atom stereocenters. The molecule has 0 radical (unpaired) electrons. The van der Waals surface area contributed by atoms with E-state index in [0.29, 0.717) is 38.4 Å². The van der Waals surface area contributed by atoms with E-state index >= 15 is 0 Å². The Bertz CT molecular complexity index is 718. The topological polar surface area (TPSA) is 61.6 Å². The highest BCUT2D eigenvalue weighted by molar-refractivity contribution is 5.73. The molecule has 2 heterocycles. The minimum absolute atomic E-state index is 0.0187. The third-order valence-corrected chi connectivity index (χ3v) is 4.15. The first-order valence-corrected chi connectivity index (χ1v) is 7.96. The molecule has 1 aliphatic heterocycles. The Kier molecular flexibility index (Phi) is 4.92. The molecular formula is C17H21FN4O2. The number of β-amino-alcohol motifs (C(OH)–C–C–N with tert-alkyl or cyclic N) is 1. The molecule has 6 nitrogen and oxygen atoms in total. The fourth-order valence-corrected chi connectivity index (χ4v) is 2.94. The number of nitrogens with zero attached hydrogens (tertiary/aromatic N) is 4. The Hall–Kier alpha value is -2.25. The van der Waals surface area contributed by atoms with Crippen LogP contribution < -0.4 is 0 Å². The predicted octanol–water partition coefficient (Wildman–Crippen LogP) is 1.04. The Labute approximate surface area is 140 Å². The fourth-order valence-electron chi connectivity index (χ4n) is 2.94. The number of amides is 1. The summed E-state index contributed by atoms with van der Waals surface area (Å²) in [6, 6.07) is 6.26. The minimum atomic E-state index is -0.560. The molecule has 1 fully saturated rings. The lowest BCUT2D eigenvalue weighted by Gasteiger charge is -2.20. The third kappa shape index (κ3) is 3.98. The molecule has 1 aliphatic rings. The number of rotatable bonds is 3. The number of halogens is 1. The van der Waals surface area contributed by atoms with Crippen LogP contribution in [0.5, 0.6) is 0 Å². The maximum absolute atomic E-state index is 13.3. The molecule has 7 heteroatoms. The molecule has 1 atom stereocenters. The van der Waals surface area contributed by atoms with Crippen LogP contribution in [0.2, 0.25) is 0 Å². The minimum Gasteiger partial charge on any atom is -0.390 e. The van der Waals surface area contributed by atoms with E-state index in [1.54, 1.807) is 27.9 Å². The van der Waals surface area contributed by atoms with Crippen LogP contribution in [0.1, 0.15) is 12.5 Å². The van der Waals surface area contributed by atoms with Gasteiger partial charge in [-0.15, -0.1) is 0 Å². The zero-order valence-electron chi connectivity index (χ0n) is 13.6. The molecule has 1 aromatic carbocycles. The van der Waals surface area contributed by atoms with Crippen LogP contribution in [0.3, 0.4) is 0 Å². The molecule has 24 heavy (non-hydrogen) atoms. The van der Waals surface area contributed by atoms with Crippen molar-refractivity contribution >= 4 is 5.91 Å². The highest BCUT2D eigenvalue weighted by atomic mass is 19.1. The summed E-state index contributed by atoms with van der Waals surface area (Å²) in [5.41, 5.74) is 1.64. The summed E-state index contributed by atoms with van der Waals surface area (Å²) in [7, 11) is 0. The first-order valence-electron chi connectivity index (χ1n) is 7.96. The van der Waals surface area contributed by atoms with Gasteiger partial charge in [0, 0.05) is 51.4 Å². The van der Waals surface area contributed by atoms with Gasteiger partial charge in [0.05, 0.1) is 18.0 Å². The van der Waals surface area contributed by atoms with Crippen molar-refractivity contribution in [3.63, 3.8) is 0 Å². The number of aliphatic hydroxyl groups excluding tert-OH is 1. The Balaban J connectivity index is 1.67. The average Bonchev–Trinajstić information content (AvgIpc) is 2.90. The summed E-state index contributed by atoms with van der Waals surface area (Å²) in [5.74, 6) is -0.320. The molecule has 0 aliphatic carbocycles. The normalized spacial score (nSPS) is 19.3. The molecule has 2 aromatic rings. The van der Waals surface area contributed by atoms with Crippen molar-refractivity contribution in [2.75, 3.05) is 26.2 Å². The Morgan fingerprint density at radius 2 is 2.21 bits per heavy atom. The summed E-state index contributed by atoms with van der Waals surface area (Å²) in [6.07, 6.45) is 3.04. The monoisotopic (exact) mass is 332 g/mol. The second-order valence-electron chi connectivity index (χ2n) is 6.13. The van der Waals surface area contributed by atoms with Gasteiger partial charge in [0.1, 0.15) is 5.82 Å². The van der Waals surface area contributed by atoms with Crippen LogP contribution in [0, 0.1) is 5.82 Å². The lowest BCUT2D eigenvalue weighted by atomic mass is 10.3. The lowest BCUT2D eigenvalue weighted by Crippen LogP contribution is -2.36. The number of carbonyl (C=O) groups is 1. The summed E-state index contributed by atoms with van der Waals surface area (Å²) >= 11 is 0. The zero-order valence-corrected chi connectivity index (χ0v) is 13.6. The van der Waals surface area contributed by atoms with Crippen molar-refractivity contribution in [3.8, 4) is 5.69 Å². The maximum Gasteiger partial charge on any atom is 0.219 e. The van der Waals surface area contributed by atoms with Crippen LogP contribution in [0.15, 0.2) is 36.7 Å². The molecule has 1 saturated heterocycles. The second kappa shape index (κ2) is 7.11. The number of hydrogen-bond donors (Lipinski definition) is 1. The van der Waals surface area contributed by atoms with Crippen LogP contribution in [0.25, 0.3) is 5.69 Å². The quantitative estimate of drug-likeness (QED) is 0.912. The molecule has 0 spiro atoms. The number of aromatic nitrogens is 2. The van der Waals surface area contributed by atoms with E-state index in [9.17, 15) is 14.3 Å². The van der Waals surface area contributed by atoms with Crippen LogP contribution >= 0.6 is 0 Å². The smallest absolute Gasteiger partial charge is 0.219 e. The van der Waals surface area contributed by atoms with Gasteiger partial charge < -0.3 is 10.0 Å². The van der Waals surface area contributed by atoms with Gasteiger partial charge in [-0.3, -0.25) is 9.69 Å². The van der Waals surface area contributed by atoms with Gasteiger partial charge in [-0.05, 0) is 18.2 Å². The molecule has 128 valence electrons. The SMILES string of the molecule is CC(=O)N1CCN(Cc2cnn(-c3cccc(F)c3)c2)CC(O)C1. The highest BCUT2D eigenvalue weighted by Crippen LogP contribution is 2.13. The van der Waals surface area contributed by atoms with E-state index in [2.05, 4.69) is 10.00 Å². The third-order valence-electron chi connectivity index (χ3n) is 4.15. The Morgan fingerprint density at radius 1 is 1.38 bits per heavy atom. The van der Waals surface area contributed by atoms with Gasteiger partial charge in [0.2, 0.25) is 5.91 Å². The van der Waals surface area contributed by atoms with Crippen molar-refractivity contribution in [2.24, 2.45) is 0 Å². The van der Waals surface area contributed by atoms with E-state index in [0.717, 1.165) is 5.56 Å². The van der Waals surface area contributed by atoms with Gasteiger partial charge in [-0.25, -0.2) is 9.07 Å². The average molecular weight is 332 g/mol. The second-order valence-corrected chi connectivity index (χ2v) is 6.13. The number of hydrogen-bond acceptors (Lipinski definition) is 4. The number of aliphatic hydroxyl groups is 1. The molecule has 1 N–H and O–H groups in total. The van der Waals surface area contributed by atoms with Crippen LogP contribution in [-0.2, 0) is 11.3 Å². The molecule has 3 rings (SSSR count). The summed E-state index contributed by atoms with van der Waals surface area (Å²) in [4.78, 5) is 15.3. The van der Waals surface area contributed by atoms with E-state index in [4.69, 9.17) is 0 Å². The Morgan fingerprint density at radius 3 is 2.96 bits per heavy atom. The van der Waals surface area contributed by atoms with Gasteiger partial charge >= 0.3 is 0 Å². The van der Waals surface area contributed by atoms with E-state index in [1.807, 2.05) is 6.20 Å². The molecular weight excluding hydrogens is 311 g/mol. The van der Waals surface area contributed by atoms with Crippen molar-refractivity contribution in [1.82, 2.24) is 19.6 Å². The van der Waals surface area contributed by atoms with E-state index in [1.165, 1.54) is 19.1 Å². The van der Waals surface area contributed by atoms with E-state index < -0.39 is 6.10 Å². The lowest BCUT2D eigenvalue weighted by molar-refractivity contribution is -0.129. The van der Waals surface area contributed by atoms with Crippen LogP contribution in [0.4, 0.5) is 4.39 Å². The van der Waals surface area contributed by atoms with Gasteiger partial charge in [0.25, 0.3) is 0 Å². The first kappa shape index (κ1) is 16.6. The highest BCUT2D eigenvalue weighted by Gasteiger charge is 2.22. The van der Waals surface area contributed by atoms with Gasteiger partial charge in [0.15, 0.2) is 0 Å². The van der Waals surface area contributed by atoms with Crippen molar-refractivity contribution in [1.29, 1.82) is 0 Å². The fraction of sp³-hybridized carbons (Fsp3) is 0.412. The number of benzene rings is 1. The summed E-state index contributed by atoms with van der Waals surface area (Å²) in [5, 5.41) is 14.3. The van der Waals surface area contributed by atoms with Crippen LogP contribution in [-0.4, -0.2) is 62.9 Å². The van der Waals surface area contributed by atoms with Gasteiger partial charge in [-0.1, -0.05) is 6.07 Å². The van der Waals surface area contributed by atoms with E-state index in [-0.39, 0.29) is 11.7 Å². The summed E-state index contributed by atoms with van der Waals surface area (Å²) < 4.78 is 14.9. The largest absolute Gasteiger partial charge is 0.390 e. The molecule has 1 aromatic heterocycles. The molecule has 0 saturated carbocycles.